The summed E-state index contributed by atoms with van der Waals surface area (Å²) >= 11 is 3.16. The van der Waals surface area contributed by atoms with Crippen LogP contribution >= 0.6 is 15.9 Å². The molecule has 0 atom stereocenters. The molecule has 20 heavy (non-hydrogen) atoms. The fraction of sp³-hybridized carbons (Fsp3) is 0.429. The Morgan fingerprint density at radius 1 is 1.40 bits per heavy atom. The van der Waals surface area contributed by atoms with Crippen molar-refractivity contribution in [1.29, 1.82) is 0 Å². The van der Waals surface area contributed by atoms with Crippen LogP contribution in [-0.2, 0) is 0 Å². The monoisotopic (exact) mass is 340 g/mol. The number of carboxylic acid groups (broad SMARTS) is 1. The Morgan fingerprint density at radius 2 is 2.10 bits per heavy atom. The minimum absolute atomic E-state index is 0.119. The van der Waals surface area contributed by atoms with Gasteiger partial charge in [-0.05, 0) is 52.4 Å². The van der Waals surface area contributed by atoms with Gasteiger partial charge in [0, 0.05) is 16.7 Å². The Hall–Kier alpha value is -1.56. The molecule has 1 saturated carbocycles. The smallest absolute Gasteiger partial charge is 0.336 e. The molecule has 2 amide bonds. The van der Waals surface area contributed by atoms with Gasteiger partial charge in [0.25, 0.3) is 0 Å². The van der Waals surface area contributed by atoms with E-state index in [1.807, 2.05) is 0 Å². The average molecular weight is 341 g/mol. The van der Waals surface area contributed by atoms with Gasteiger partial charge in [0.15, 0.2) is 0 Å². The van der Waals surface area contributed by atoms with E-state index >= 15 is 0 Å². The lowest BCUT2D eigenvalue weighted by Gasteiger charge is -2.38. The summed E-state index contributed by atoms with van der Waals surface area (Å²) in [6, 6.07) is 4.38. The van der Waals surface area contributed by atoms with Crippen molar-refractivity contribution in [2.75, 3.05) is 11.9 Å². The maximum atomic E-state index is 11.8. The second-order valence-corrected chi connectivity index (χ2v) is 6.33. The van der Waals surface area contributed by atoms with Gasteiger partial charge in [0.1, 0.15) is 0 Å². The number of benzene rings is 1. The summed E-state index contributed by atoms with van der Waals surface area (Å²) in [4.78, 5) is 22.8. The Bertz CT molecular complexity index is 541. The minimum Gasteiger partial charge on any atom is -0.478 e. The molecular formula is C14H17BrN2O3. The number of aromatic carboxylic acids is 1. The SMILES string of the molecule is CC1(CNC(=O)Nc2ccc(Br)c(C(=O)O)c2)CCC1. The first-order chi connectivity index (χ1) is 9.39. The predicted molar refractivity (Wildman–Crippen MR) is 80.1 cm³/mol. The van der Waals surface area contributed by atoms with E-state index in [0.29, 0.717) is 16.7 Å². The zero-order valence-corrected chi connectivity index (χ0v) is 12.8. The maximum absolute atomic E-state index is 11.8. The van der Waals surface area contributed by atoms with Crippen LogP contribution in [0.2, 0.25) is 0 Å². The maximum Gasteiger partial charge on any atom is 0.336 e. The van der Waals surface area contributed by atoms with Crippen LogP contribution in [-0.4, -0.2) is 23.7 Å². The summed E-state index contributed by atoms with van der Waals surface area (Å²) in [5, 5.41) is 14.5. The van der Waals surface area contributed by atoms with Crippen LogP contribution in [0, 0.1) is 5.41 Å². The van der Waals surface area contributed by atoms with E-state index in [2.05, 4.69) is 33.5 Å². The van der Waals surface area contributed by atoms with Crippen LogP contribution in [0.4, 0.5) is 10.5 Å². The van der Waals surface area contributed by atoms with Crippen molar-refractivity contribution in [3.05, 3.63) is 28.2 Å². The van der Waals surface area contributed by atoms with Crippen molar-refractivity contribution in [2.45, 2.75) is 26.2 Å². The molecule has 1 fully saturated rings. The number of nitrogens with one attached hydrogen (secondary N) is 2. The van der Waals surface area contributed by atoms with Crippen LogP contribution in [0.1, 0.15) is 36.5 Å². The summed E-state index contributed by atoms with van der Waals surface area (Å²) in [6.07, 6.45) is 3.48. The lowest BCUT2D eigenvalue weighted by molar-refractivity contribution is 0.0696. The molecule has 1 aliphatic rings. The third-order valence-corrected chi connectivity index (χ3v) is 4.38. The normalized spacial score (nSPS) is 16.1. The van der Waals surface area contributed by atoms with Crippen molar-refractivity contribution in [1.82, 2.24) is 5.32 Å². The van der Waals surface area contributed by atoms with Gasteiger partial charge in [0.05, 0.1) is 5.56 Å². The Morgan fingerprint density at radius 3 is 2.65 bits per heavy atom. The number of rotatable bonds is 4. The third kappa shape index (κ3) is 3.50. The van der Waals surface area contributed by atoms with Gasteiger partial charge in [-0.2, -0.15) is 0 Å². The summed E-state index contributed by atoms with van der Waals surface area (Å²) < 4.78 is 0.484. The van der Waals surface area contributed by atoms with E-state index in [1.54, 1.807) is 12.1 Å². The molecule has 5 nitrogen and oxygen atoms in total. The molecule has 0 spiro atoms. The topological polar surface area (TPSA) is 78.4 Å². The zero-order chi connectivity index (χ0) is 14.8. The lowest BCUT2D eigenvalue weighted by atomic mass is 9.70. The highest BCUT2D eigenvalue weighted by atomic mass is 79.9. The van der Waals surface area contributed by atoms with Crippen molar-refractivity contribution < 1.29 is 14.7 Å². The summed E-state index contributed by atoms with van der Waals surface area (Å²) in [6.45, 7) is 2.79. The minimum atomic E-state index is -1.04. The molecule has 0 heterocycles. The highest BCUT2D eigenvalue weighted by Gasteiger charge is 2.31. The molecule has 6 heteroatoms. The van der Waals surface area contributed by atoms with Gasteiger partial charge in [0.2, 0.25) is 0 Å². The second kappa shape index (κ2) is 5.83. The van der Waals surface area contributed by atoms with Gasteiger partial charge in [-0.25, -0.2) is 9.59 Å². The third-order valence-electron chi connectivity index (χ3n) is 3.69. The van der Waals surface area contributed by atoms with E-state index in [0.717, 1.165) is 12.8 Å². The van der Waals surface area contributed by atoms with E-state index in [-0.39, 0.29) is 17.0 Å². The van der Waals surface area contributed by atoms with Crippen LogP contribution in [0.3, 0.4) is 0 Å². The molecule has 1 aromatic carbocycles. The fourth-order valence-corrected chi connectivity index (χ4v) is 2.61. The Labute approximate surface area is 125 Å². The summed E-state index contributed by atoms with van der Waals surface area (Å²) in [5.74, 6) is -1.04. The number of hydrogen-bond donors (Lipinski definition) is 3. The number of hydrogen-bond acceptors (Lipinski definition) is 2. The molecule has 0 radical (unpaired) electrons. The molecule has 1 aromatic rings. The predicted octanol–water partition coefficient (Wildman–Crippen LogP) is 3.46. The van der Waals surface area contributed by atoms with Crippen LogP contribution in [0.15, 0.2) is 22.7 Å². The average Bonchev–Trinajstić information content (AvgIpc) is 2.36. The molecule has 0 unspecified atom stereocenters. The fourth-order valence-electron chi connectivity index (χ4n) is 2.19. The largest absolute Gasteiger partial charge is 0.478 e. The lowest BCUT2D eigenvalue weighted by Crippen LogP contribution is -2.41. The number of carbonyl (C=O) groups excluding carboxylic acids is 1. The van der Waals surface area contributed by atoms with Gasteiger partial charge in [-0.15, -0.1) is 0 Å². The van der Waals surface area contributed by atoms with Gasteiger partial charge < -0.3 is 15.7 Å². The van der Waals surface area contributed by atoms with Crippen molar-refractivity contribution in [3.8, 4) is 0 Å². The summed E-state index contributed by atoms with van der Waals surface area (Å²) in [7, 11) is 0. The number of carbonyl (C=O) groups is 2. The first kappa shape index (κ1) is 14.8. The van der Waals surface area contributed by atoms with Gasteiger partial charge in [-0.3, -0.25) is 0 Å². The highest BCUT2D eigenvalue weighted by molar-refractivity contribution is 9.10. The van der Waals surface area contributed by atoms with Crippen molar-refractivity contribution in [2.24, 2.45) is 5.41 Å². The second-order valence-electron chi connectivity index (χ2n) is 5.47. The molecule has 2 rings (SSSR count). The van der Waals surface area contributed by atoms with E-state index < -0.39 is 5.97 Å². The highest BCUT2D eigenvalue weighted by Crippen LogP contribution is 2.39. The van der Waals surface area contributed by atoms with Gasteiger partial charge >= 0.3 is 12.0 Å². The first-order valence-corrected chi connectivity index (χ1v) is 7.27. The number of amides is 2. The molecule has 1 aliphatic carbocycles. The number of anilines is 1. The standard InChI is InChI=1S/C14H17BrN2O3/c1-14(5-2-6-14)8-16-13(20)17-9-3-4-11(15)10(7-9)12(18)19/h3-4,7H,2,5-6,8H2,1H3,(H,18,19)(H2,16,17,20). The van der Waals surface area contributed by atoms with Crippen molar-refractivity contribution >= 4 is 33.6 Å². The van der Waals surface area contributed by atoms with E-state index in [4.69, 9.17) is 5.11 Å². The molecule has 0 aromatic heterocycles. The molecular weight excluding hydrogens is 324 g/mol. The number of urea groups is 1. The van der Waals surface area contributed by atoms with Crippen LogP contribution in [0.25, 0.3) is 0 Å². The Balaban J connectivity index is 1.94. The zero-order valence-electron chi connectivity index (χ0n) is 11.2. The molecule has 0 bridgehead atoms. The van der Waals surface area contributed by atoms with Crippen molar-refractivity contribution in [3.63, 3.8) is 0 Å². The van der Waals surface area contributed by atoms with Crippen LogP contribution in [0.5, 0.6) is 0 Å². The molecule has 108 valence electrons. The van der Waals surface area contributed by atoms with Gasteiger partial charge in [-0.1, -0.05) is 13.3 Å². The Kier molecular flexibility index (Phi) is 4.32. The molecule has 0 aliphatic heterocycles. The molecule has 3 N–H and O–H groups in total. The number of halogens is 1. The van der Waals surface area contributed by atoms with E-state index in [9.17, 15) is 9.59 Å². The van der Waals surface area contributed by atoms with Crippen LogP contribution < -0.4 is 10.6 Å². The molecule has 0 saturated heterocycles. The summed E-state index contributed by atoms with van der Waals surface area (Å²) in [5.41, 5.74) is 0.791. The van der Waals surface area contributed by atoms with E-state index in [1.165, 1.54) is 12.5 Å². The first-order valence-electron chi connectivity index (χ1n) is 6.47. The quantitative estimate of drug-likeness (QED) is 0.785. The number of carboxylic acids is 1.